The van der Waals surface area contributed by atoms with Crippen molar-refractivity contribution >= 4 is 28.8 Å². The zero-order valence-electron chi connectivity index (χ0n) is 17.7. The largest absolute Gasteiger partial charge is 0.452 e. The zero-order chi connectivity index (χ0) is 25.0. The Labute approximate surface area is 191 Å². The Morgan fingerprint density at radius 3 is 2.24 bits per heavy atom. The third kappa shape index (κ3) is 5.71. The van der Waals surface area contributed by atoms with Gasteiger partial charge in [-0.05, 0) is 23.8 Å². The molecule has 0 fully saturated rings. The lowest BCUT2D eigenvalue weighted by Crippen LogP contribution is -2.49. The van der Waals surface area contributed by atoms with E-state index in [1.54, 1.807) is 18.2 Å². The predicted molar refractivity (Wildman–Crippen MR) is 120 cm³/mol. The van der Waals surface area contributed by atoms with Crippen LogP contribution in [0.5, 0.6) is 0 Å². The van der Waals surface area contributed by atoms with Gasteiger partial charge in [0.15, 0.2) is 0 Å². The van der Waals surface area contributed by atoms with Crippen LogP contribution in [0.2, 0.25) is 0 Å². The minimum atomic E-state index is -5.17. The van der Waals surface area contributed by atoms with Crippen molar-refractivity contribution < 1.29 is 22.8 Å². The first-order valence-corrected chi connectivity index (χ1v) is 9.91. The van der Waals surface area contributed by atoms with Crippen molar-refractivity contribution in [3.8, 4) is 11.4 Å². The number of amides is 1. The fraction of sp³-hybridized carbons (Fsp3) is 0.182. The highest BCUT2D eigenvalue weighted by Gasteiger charge is 2.43. The van der Waals surface area contributed by atoms with Crippen LogP contribution in [0.25, 0.3) is 11.4 Å². The number of benzene rings is 2. The molecule has 1 amide bonds. The third-order valence-electron chi connectivity index (χ3n) is 4.83. The van der Waals surface area contributed by atoms with Crippen molar-refractivity contribution in [3.63, 3.8) is 0 Å². The molecule has 0 saturated heterocycles. The number of nitrogens with two attached hydrogens (primary N) is 3. The molecule has 9 nitrogen and oxygen atoms in total. The van der Waals surface area contributed by atoms with Crippen LogP contribution in [-0.2, 0) is 22.6 Å². The van der Waals surface area contributed by atoms with Crippen molar-refractivity contribution in [1.29, 1.82) is 0 Å². The van der Waals surface area contributed by atoms with Crippen LogP contribution in [0, 0.1) is 0 Å². The van der Waals surface area contributed by atoms with E-state index in [9.17, 15) is 27.6 Å². The summed E-state index contributed by atoms with van der Waals surface area (Å²) in [4.78, 5) is 41.4. The molecule has 7 N–H and O–H groups in total. The van der Waals surface area contributed by atoms with E-state index in [2.05, 4.69) is 10.3 Å². The van der Waals surface area contributed by atoms with Crippen LogP contribution < -0.4 is 28.1 Å². The fourth-order valence-electron chi connectivity index (χ4n) is 3.33. The lowest BCUT2D eigenvalue weighted by Gasteiger charge is -2.20. The summed E-state index contributed by atoms with van der Waals surface area (Å²) in [6.45, 7) is -0.753. The second kappa shape index (κ2) is 9.65. The second-order valence-electron chi connectivity index (χ2n) is 7.49. The third-order valence-corrected chi connectivity index (χ3v) is 4.83. The van der Waals surface area contributed by atoms with E-state index in [1.807, 2.05) is 0 Å². The molecule has 0 spiro atoms. The van der Waals surface area contributed by atoms with Gasteiger partial charge < -0.3 is 22.5 Å². The normalized spacial score (nSPS) is 12.2. The van der Waals surface area contributed by atoms with Crippen molar-refractivity contribution in [3.05, 3.63) is 70.6 Å². The fourth-order valence-corrected chi connectivity index (χ4v) is 3.33. The number of anilines is 3. The van der Waals surface area contributed by atoms with E-state index in [-0.39, 0.29) is 28.5 Å². The maximum atomic E-state index is 13.2. The van der Waals surface area contributed by atoms with E-state index < -0.39 is 42.4 Å². The molecule has 1 heterocycles. The number of hydrogen-bond acceptors (Lipinski definition) is 7. The molecule has 1 unspecified atom stereocenters. The van der Waals surface area contributed by atoms with E-state index in [0.29, 0.717) is 5.56 Å². The maximum Gasteiger partial charge on any atom is 0.452 e. The molecule has 1 atom stereocenters. The quantitative estimate of drug-likeness (QED) is 0.378. The number of alkyl halides is 3. The van der Waals surface area contributed by atoms with Gasteiger partial charge in [0.05, 0.1) is 6.20 Å². The number of rotatable bonds is 7. The Morgan fingerprint density at radius 1 is 1.03 bits per heavy atom. The Balaban J connectivity index is 1.93. The van der Waals surface area contributed by atoms with Crippen molar-refractivity contribution in [1.82, 2.24) is 14.9 Å². The van der Waals surface area contributed by atoms with E-state index in [4.69, 9.17) is 17.2 Å². The highest BCUT2D eigenvalue weighted by molar-refractivity contribution is 5.93. The number of carbonyl (C=O) groups excluding carboxylic acids is 2. The van der Waals surface area contributed by atoms with Crippen LogP contribution in [0.15, 0.2) is 59.5 Å². The lowest BCUT2D eigenvalue weighted by atomic mass is 10.0. The van der Waals surface area contributed by atoms with Gasteiger partial charge in [-0.1, -0.05) is 30.3 Å². The average Bonchev–Trinajstić information content (AvgIpc) is 2.75. The van der Waals surface area contributed by atoms with Crippen LogP contribution in [-0.4, -0.2) is 33.5 Å². The number of Topliss-reactive ketones (excluding diaryl/α,β-unsaturated/α-hetero) is 1. The van der Waals surface area contributed by atoms with E-state index in [0.717, 1.165) is 10.8 Å². The molecule has 0 aliphatic rings. The van der Waals surface area contributed by atoms with Crippen molar-refractivity contribution in [2.45, 2.75) is 25.2 Å². The van der Waals surface area contributed by atoms with E-state index >= 15 is 0 Å². The minimum Gasteiger partial charge on any atom is -0.399 e. The van der Waals surface area contributed by atoms with Gasteiger partial charge >= 0.3 is 6.18 Å². The number of carbonyl (C=O) groups is 2. The number of nitrogens with zero attached hydrogens (tertiary/aromatic N) is 2. The molecule has 0 aliphatic heterocycles. The Kier molecular flexibility index (Phi) is 6.89. The average molecular weight is 474 g/mol. The molecule has 2 aromatic carbocycles. The summed E-state index contributed by atoms with van der Waals surface area (Å²) in [5, 5.41) is 2.08. The van der Waals surface area contributed by atoms with Gasteiger partial charge in [-0.2, -0.15) is 13.2 Å². The molecule has 3 rings (SSSR count). The summed E-state index contributed by atoms with van der Waals surface area (Å²) in [5.41, 5.74) is 17.3. The first kappa shape index (κ1) is 24.3. The molecule has 0 saturated carbocycles. The number of halogens is 3. The molecular formula is C22H21F3N6O3. The molecule has 34 heavy (non-hydrogen) atoms. The SMILES string of the molecule is Nc1cc(N)cc(-c2ncc(N)c(=O)n2CC(=O)NC(Cc2ccccc2)C(=O)C(F)(F)F)c1. The number of aromatic nitrogens is 2. The van der Waals surface area contributed by atoms with Gasteiger partial charge in [0, 0.05) is 23.4 Å². The maximum absolute atomic E-state index is 13.2. The number of nitrogen functional groups attached to an aromatic ring is 3. The highest BCUT2D eigenvalue weighted by atomic mass is 19.4. The monoisotopic (exact) mass is 474 g/mol. The number of ketones is 1. The molecule has 12 heteroatoms. The Morgan fingerprint density at radius 2 is 1.65 bits per heavy atom. The lowest BCUT2D eigenvalue weighted by molar-refractivity contribution is -0.173. The first-order valence-electron chi connectivity index (χ1n) is 9.91. The molecule has 0 aliphatic carbocycles. The molecule has 0 bridgehead atoms. The standard InChI is InChI=1S/C22H21F3N6O3/c23-22(24,25)19(33)17(6-12-4-2-1-3-5-12)30-18(32)11-31-20(29-10-16(28)21(31)34)13-7-14(26)9-15(27)8-13/h1-5,7-10,17H,6,11,26-28H2,(H,30,32). The molecule has 0 radical (unpaired) electrons. The minimum absolute atomic E-state index is 0.0323. The smallest absolute Gasteiger partial charge is 0.399 e. The molecule has 3 aromatic rings. The van der Waals surface area contributed by atoms with Crippen molar-refractivity contribution in [2.24, 2.45) is 0 Å². The Bertz CT molecular complexity index is 1250. The van der Waals surface area contributed by atoms with Gasteiger partial charge in [-0.3, -0.25) is 19.0 Å². The summed E-state index contributed by atoms with van der Waals surface area (Å²) in [6, 6.07) is 10.4. The van der Waals surface area contributed by atoms with Gasteiger partial charge in [0.2, 0.25) is 5.91 Å². The predicted octanol–water partition coefficient (Wildman–Crippen LogP) is 1.52. The first-order chi connectivity index (χ1) is 16.0. The summed E-state index contributed by atoms with van der Waals surface area (Å²) in [6.07, 6.45) is -4.49. The van der Waals surface area contributed by atoms with Gasteiger partial charge in [-0.25, -0.2) is 4.98 Å². The summed E-state index contributed by atoms with van der Waals surface area (Å²) >= 11 is 0. The van der Waals surface area contributed by atoms with Crippen LogP contribution in [0.1, 0.15) is 5.56 Å². The summed E-state index contributed by atoms with van der Waals surface area (Å²) < 4.78 is 40.3. The van der Waals surface area contributed by atoms with Crippen molar-refractivity contribution in [2.75, 3.05) is 17.2 Å². The van der Waals surface area contributed by atoms with E-state index in [1.165, 1.54) is 30.3 Å². The number of hydrogen-bond donors (Lipinski definition) is 4. The van der Waals surface area contributed by atoms with Gasteiger partial charge in [0.25, 0.3) is 11.3 Å². The Hall–Kier alpha value is -4.35. The highest BCUT2D eigenvalue weighted by Crippen LogP contribution is 2.23. The van der Waals surface area contributed by atoms with Gasteiger partial charge in [-0.15, -0.1) is 0 Å². The van der Waals surface area contributed by atoms with Gasteiger partial charge in [0.1, 0.15) is 24.1 Å². The number of nitrogens with one attached hydrogen (secondary N) is 1. The topological polar surface area (TPSA) is 159 Å². The van der Waals surface area contributed by atoms with Crippen LogP contribution in [0.4, 0.5) is 30.2 Å². The molecular weight excluding hydrogens is 453 g/mol. The molecule has 178 valence electrons. The molecule has 1 aromatic heterocycles. The summed E-state index contributed by atoms with van der Waals surface area (Å²) in [5.74, 6) is -3.17. The summed E-state index contributed by atoms with van der Waals surface area (Å²) in [7, 11) is 0. The van der Waals surface area contributed by atoms with Crippen LogP contribution >= 0.6 is 0 Å². The zero-order valence-corrected chi connectivity index (χ0v) is 17.7. The second-order valence-corrected chi connectivity index (χ2v) is 7.49. The van der Waals surface area contributed by atoms with Crippen LogP contribution in [0.3, 0.4) is 0 Å².